The molecule has 0 aliphatic rings. The van der Waals surface area contributed by atoms with Crippen molar-refractivity contribution in [1.29, 1.82) is 0 Å². The summed E-state index contributed by atoms with van der Waals surface area (Å²) in [6.45, 7) is 5.65. The molecule has 2 aromatic carbocycles. The van der Waals surface area contributed by atoms with E-state index in [1.807, 2.05) is 32.2 Å². The number of aryl methyl sites for hydroxylation is 1. The van der Waals surface area contributed by atoms with Crippen molar-refractivity contribution in [2.24, 2.45) is 0 Å². The van der Waals surface area contributed by atoms with Gasteiger partial charge in [-0.05, 0) is 37.2 Å². The minimum atomic E-state index is -0.152. The molecule has 0 heterocycles. The van der Waals surface area contributed by atoms with Gasteiger partial charge in [0.25, 0.3) is 0 Å². The molecule has 0 fully saturated rings. The molecule has 2 nitrogen and oxygen atoms in total. The molecule has 2 rings (SSSR count). The minimum absolute atomic E-state index is 0.0262. The fourth-order valence-corrected chi connectivity index (χ4v) is 2.52. The summed E-state index contributed by atoms with van der Waals surface area (Å²) in [4.78, 5) is 2.16. The van der Waals surface area contributed by atoms with Gasteiger partial charge in [-0.25, -0.2) is 4.39 Å². The van der Waals surface area contributed by atoms with Gasteiger partial charge in [-0.1, -0.05) is 37.3 Å². The van der Waals surface area contributed by atoms with Crippen LogP contribution in [0.15, 0.2) is 48.5 Å². The third kappa shape index (κ3) is 4.05. The fourth-order valence-electron chi connectivity index (χ4n) is 2.52. The fraction of sp³-hybridized carbons (Fsp3) is 0.333. The predicted octanol–water partition coefficient (Wildman–Crippen LogP) is 3.92. The quantitative estimate of drug-likeness (QED) is 0.866. The van der Waals surface area contributed by atoms with Gasteiger partial charge < -0.3 is 10.2 Å². The smallest absolute Gasteiger partial charge is 0.128 e. The second-order valence-corrected chi connectivity index (χ2v) is 5.35. The maximum absolute atomic E-state index is 14.0. The maximum atomic E-state index is 14.0. The number of nitrogens with zero attached hydrogens (tertiary/aromatic N) is 1. The number of rotatable bonds is 6. The number of halogens is 1. The Hall–Kier alpha value is -1.87. The van der Waals surface area contributed by atoms with Crippen LogP contribution in [0.1, 0.15) is 24.1 Å². The molecule has 0 aliphatic heterocycles. The van der Waals surface area contributed by atoms with Crippen LogP contribution in [-0.2, 0) is 0 Å². The van der Waals surface area contributed by atoms with Crippen molar-refractivity contribution in [3.8, 4) is 0 Å². The Balaban J connectivity index is 2.18. The van der Waals surface area contributed by atoms with Crippen molar-refractivity contribution in [3.63, 3.8) is 0 Å². The highest BCUT2D eigenvalue weighted by Crippen LogP contribution is 2.21. The molecule has 0 bridgehead atoms. The topological polar surface area (TPSA) is 15.3 Å². The molecule has 0 saturated carbocycles. The van der Waals surface area contributed by atoms with Crippen LogP contribution in [0.2, 0.25) is 0 Å². The van der Waals surface area contributed by atoms with E-state index in [1.54, 1.807) is 6.07 Å². The van der Waals surface area contributed by atoms with Gasteiger partial charge >= 0.3 is 0 Å². The van der Waals surface area contributed by atoms with Crippen LogP contribution in [0.5, 0.6) is 0 Å². The van der Waals surface area contributed by atoms with Crippen molar-refractivity contribution in [2.75, 3.05) is 25.0 Å². The van der Waals surface area contributed by atoms with Crippen molar-refractivity contribution >= 4 is 5.69 Å². The summed E-state index contributed by atoms with van der Waals surface area (Å²) in [6.07, 6.45) is 0. The number of hydrogen-bond donors (Lipinski definition) is 1. The zero-order valence-electron chi connectivity index (χ0n) is 12.9. The average molecular weight is 286 g/mol. The summed E-state index contributed by atoms with van der Waals surface area (Å²) in [5.74, 6) is -0.152. The lowest BCUT2D eigenvalue weighted by Crippen LogP contribution is -2.33. The number of benzene rings is 2. The van der Waals surface area contributed by atoms with E-state index in [4.69, 9.17) is 0 Å². The molecule has 0 amide bonds. The van der Waals surface area contributed by atoms with Crippen molar-refractivity contribution in [2.45, 2.75) is 19.9 Å². The van der Waals surface area contributed by atoms with Gasteiger partial charge in [0, 0.05) is 24.8 Å². The van der Waals surface area contributed by atoms with Crippen LogP contribution < -0.4 is 10.2 Å². The molecule has 0 aromatic heterocycles. The number of hydrogen-bond acceptors (Lipinski definition) is 2. The molecular weight excluding hydrogens is 263 g/mol. The molecule has 2 aromatic rings. The van der Waals surface area contributed by atoms with E-state index in [0.717, 1.165) is 24.3 Å². The molecule has 112 valence electrons. The van der Waals surface area contributed by atoms with Crippen LogP contribution in [0.4, 0.5) is 10.1 Å². The van der Waals surface area contributed by atoms with E-state index < -0.39 is 0 Å². The standard InChI is InChI=1S/C18H23FN2/c1-4-20-18(16-10-5-6-11-17(16)19)13-21(3)15-9-7-8-14(2)12-15/h5-12,18,20H,4,13H2,1-3H3. The Morgan fingerprint density at radius 2 is 1.90 bits per heavy atom. The van der Waals surface area contributed by atoms with Crippen molar-refractivity contribution in [3.05, 3.63) is 65.5 Å². The highest BCUT2D eigenvalue weighted by Gasteiger charge is 2.16. The Morgan fingerprint density at radius 1 is 1.14 bits per heavy atom. The molecule has 1 N–H and O–H groups in total. The van der Waals surface area contributed by atoms with E-state index in [9.17, 15) is 4.39 Å². The van der Waals surface area contributed by atoms with E-state index in [1.165, 1.54) is 11.6 Å². The second-order valence-electron chi connectivity index (χ2n) is 5.35. The predicted molar refractivity (Wildman–Crippen MR) is 87.3 cm³/mol. The first kappa shape index (κ1) is 15.5. The Bertz CT molecular complexity index is 583. The highest BCUT2D eigenvalue weighted by atomic mass is 19.1. The zero-order valence-corrected chi connectivity index (χ0v) is 12.9. The Kier molecular flexibility index (Phi) is 5.34. The second kappa shape index (κ2) is 7.23. The lowest BCUT2D eigenvalue weighted by atomic mass is 10.1. The summed E-state index contributed by atoms with van der Waals surface area (Å²) in [5.41, 5.74) is 3.10. The highest BCUT2D eigenvalue weighted by molar-refractivity contribution is 5.48. The van der Waals surface area contributed by atoms with Crippen molar-refractivity contribution in [1.82, 2.24) is 5.32 Å². The Morgan fingerprint density at radius 3 is 2.57 bits per heavy atom. The van der Waals surface area contributed by atoms with Crippen LogP contribution in [0.25, 0.3) is 0 Å². The van der Waals surface area contributed by atoms with Gasteiger partial charge in [0.1, 0.15) is 5.82 Å². The van der Waals surface area contributed by atoms with Crippen LogP contribution >= 0.6 is 0 Å². The molecular formula is C18H23FN2. The van der Waals surface area contributed by atoms with E-state index in [2.05, 4.69) is 35.3 Å². The SMILES string of the molecule is CCNC(CN(C)c1cccc(C)c1)c1ccccc1F. The molecule has 0 radical (unpaired) electrons. The molecule has 0 aliphatic carbocycles. The molecule has 0 spiro atoms. The van der Waals surface area contributed by atoms with Gasteiger partial charge in [-0.2, -0.15) is 0 Å². The Labute approximate surface area is 126 Å². The number of nitrogens with one attached hydrogen (secondary N) is 1. The van der Waals surface area contributed by atoms with E-state index in [0.29, 0.717) is 0 Å². The summed E-state index contributed by atoms with van der Waals surface area (Å²) < 4.78 is 14.0. The van der Waals surface area contributed by atoms with Crippen LogP contribution in [0, 0.1) is 12.7 Å². The van der Waals surface area contributed by atoms with Gasteiger partial charge in [0.2, 0.25) is 0 Å². The molecule has 1 unspecified atom stereocenters. The number of likely N-dealkylation sites (N-methyl/N-ethyl adjacent to an activating group) is 2. The molecule has 1 atom stereocenters. The summed E-state index contributed by atoms with van der Waals surface area (Å²) in [7, 11) is 2.04. The number of anilines is 1. The summed E-state index contributed by atoms with van der Waals surface area (Å²) in [6, 6.07) is 15.3. The maximum Gasteiger partial charge on any atom is 0.128 e. The zero-order chi connectivity index (χ0) is 15.2. The lowest BCUT2D eigenvalue weighted by Gasteiger charge is -2.27. The first-order valence-corrected chi connectivity index (χ1v) is 7.37. The third-order valence-electron chi connectivity index (χ3n) is 3.63. The molecule has 21 heavy (non-hydrogen) atoms. The average Bonchev–Trinajstić information content (AvgIpc) is 2.47. The van der Waals surface area contributed by atoms with E-state index >= 15 is 0 Å². The third-order valence-corrected chi connectivity index (χ3v) is 3.63. The van der Waals surface area contributed by atoms with Gasteiger partial charge in [0.05, 0.1) is 6.04 Å². The monoisotopic (exact) mass is 286 g/mol. The van der Waals surface area contributed by atoms with Crippen molar-refractivity contribution < 1.29 is 4.39 Å². The van der Waals surface area contributed by atoms with Crippen LogP contribution in [0.3, 0.4) is 0 Å². The largest absolute Gasteiger partial charge is 0.373 e. The van der Waals surface area contributed by atoms with Gasteiger partial charge in [0.15, 0.2) is 0 Å². The molecule has 0 saturated heterocycles. The summed E-state index contributed by atoms with van der Waals surface area (Å²) >= 11 is 0. The summed E-state index contributed by atoms with van der Waals surface area (Å²) in [5, 5.41) is 3.37. The molecule has 3 heteroatoms. The van der Waals surface area contributed by atoms with Gasteiger partial charge in [-0.15, -0.1) is 0 Å². The first-order valence-electron chi connectivity index (χ1n) is 7.37. The van der Waals surface area contributed by atoms with Gasteiger partial charge in [-0.3, -0.25) is 0 Å². The van der Waals surface area contributed by atoms with Crippen LogP contribution in [-0.4, -0.2) is 20.1 Å². The van der Waals surface area contributed by atoms with E-state index in [-0.39, 0.29) is 11.9 Å². The normalized spacial score (nSPS) is 12.2. The first-order chi connectivity index (χ1) is 10.1. The lowest BCUT2D eigenvalue weighted by molar-refractivity contribution is 0.511. The minimum Gasteiger partial charge on any atom is -0.373 e.